The summed E-state index contributed by atoms with van der Waals surface area (Å²) in [5, 5.41) is 2.22. The van der Waals surface area contributed by atoms with E-state index in [1.54, 1.807) is 0 Å². The van der Waals surface area contributed by atoms with Crippen LogP contribution >= 0.6 is 0 Å². The molecule has 72 valence electrons. The summed E-state index contributed by atoms with van der Waals surface area (Å²) in [6.45, 7) is 2.09. The largest absolute Gasteiger partial charge is 0.377 e. The second kappa shape index (κ2) is 3.33. The van der Waals surface area contributed by atoms with Gasteiger partial charge in [-0.2, -0.15) is 10.1 Å². The normalized spacial score (nSPS) is 20.7. The molecule has 5 heteroatoms. The van der Waals surface area contributed by atoms with Gasteiger partial charge in [-0.3, -0.25) is 0 Å². The van der Waals surface area contributed by atoms with E-state index in [0.29, 0.717) is 11.8 Å². The number of H-pyrrole nitrogens is 1. The van der Waals surface area contributed by atoms with E-state index in [1.807, 2.05) is 0 Å². The van der Waals surface area contributed by atoms with E-state index in [0.717, 1.165) is 25.9 Å². The number of nitrogens with zero attached hydrogens (tertiary/aromatic N) is 2. The molecule has 0 aliphatic carbocycles. The summed E-state index contributed by atoms with van der Waals surface area (Å²) >= 11 is 0. The standard InChI is InChI=1S/C8H13N3O2/c1-11-4-2-6(3-5-11)7-9-8(12)10-13-7/h6H,2-5H2,1H3,(H,10,12). The summed E-state index contributed by atoms with van der Waals surface area (Å²) < 4.78 is 4.97. The van der Waals surface area contributed by atoms with Gasteiger partial charge in [-0.1, -0.05) is 0 Å². The molecule has 1 aromatic heterocycles. The molecule has 2 rings (SSSR count). The average molecular weight is 183 g/mol. The molecule has 0 saturated carbocycles. The molecule has 1 aliphatic heterocycles. The number of aromatic nitrogens is 2. The number of hydrogen-bond acceptors (Lipinski definition) is 4. The third-order valence-electron chi connectivity index (χ3n) is 2.52. The number of hydrogen-bond donors (Lipinski definition) is 1. The fourth-order valence-corrected chi connectivity index (χ4v) is 1.67. The predicted octanol–water partition coefficient (Wildman–Crippen LogP) is 0.172. The summed E-state index contributed by atoms with van der Waals surface area (Å²) in [7, 11) is 2.09. The van der Waals surface area contributed by atoms with Crippen molar-refractivity contribution in [2.24, 2.45) is 0 Å². The van der Waals surface area contributed by atoms with Crippen LogP contribution in [-0.4, -0.2) is 35.2 Å². The Morgan fingerprint density at radius 3 is 2.77 bits per heavy atom. The second-order valence-electron chi connectivity index (χ2n) is 3.54. The van der Waals surface area contributed by atoms with Gasteiger partial charge in [0.05, 0.1) is 0 Å². The fraction of sp³-hybridized carbons (Fsp3) is 0.750. The van der Waals surface area contributed by atoms with Gasteiger partial charge in [0.1, 0.15) is 0 Å². The van der Waals surface area contributed by atoms with Crippen LogP contribution < -0.4 is 5.69 Å². The van der Waals surface area contributed by atoms with Crippen molar-refractivity contribution in [3.63, 3.8) is 0 Å². The predicted molar refractivity (Wildman–Crippen MR) is 46.6 cm³/mol. The molecule has 0 atom stereocenters. The maximum Gasteiger partial charge on any atom is 0.377 e. The first-order valence-corrected chi connectivity index (χ1v) is 4.49. The van der Waals surface area contributed by atoms with E-state index >= 15 is 0 Å². The summed E-state index contributed by atoms with van der Waals surface area (Å²) in [5.74, 6) is 0.883. The number of nitrogens with one attached hydrogen (secondary N) is 1. The molecule has 1 aliphatic rings. The van der Waals surface area contributed by atoms with E-state index in [4.69, 9.17) is 4.52 Å². The summed E-state index contributed by atoms with van der Waals surface area (Å²) in [6.07, 6.45) is 2.04. The summed E-state index contributed by atoms with van der Waals surface area (Å²) in [5.41, 5.74) is -0.381. The van der Waals surface area contributed by atoms with Crippen molar-refractivity contribution in [1.82, 2.24) is 15.0 Å². The van der Waals surface area contributed by atoms with Crippen LogP contribution in [0.5, 0.6) is 0 Å². The van der Waals surface area contributed by atoms with Gasteiger partial charge >= 0.3 is 5.69 Å². The molecule has 1 saturated heterocycles. The molecule has 0 bridgehead atoms. The Bertz CT molecular complexity index is 322. The minimum Gasteiger partial charge on any atom is -0.362 e. The van der Waals surface area contributed by atoms with Gasteiger partial charge < -0.3 is 9.42 Å². The molecular weight excluding hydrogens is 170 g/mol. The lowest BCUT2D eigenvalue weighted by atomic mass is 9.97. The van der Waals surface area contributed by atoms with Gasteiger partial charge in [0.15, 0.2) is 0 Å². The van der Waals surface area contributed by atoms with Crippen molar-refractivity contribution < 1.29 is 4.52 Å². The SMILES string of the molecule is CN1CCC(c2nc(=O)[nH]o2)CC1. The highest BCUT2D eigenvalue weighted by Gasteiger charge is 2.22. The molecule has 5 nitrogen and oxygen atoms in total. The molecule has 0 aromatic carbocycles. The van der Waals surface area contributed by atoms with Gasteiger partial charge in [0, 0.05) is 5.92 Å². The zero-order chi connectivity index (χ0) is 9.26. The summed E-state index contributed by atoms with van der Waals surface area (Å²) in [4.78, 5) is 16.8. The molecule has 1 fully saturated rings. The molecule has 1 aromatic rings. The number of likely N-dealkylation sites (tertiary alicyclic amines) is 1. The van der Waals surface area contributed by atoms with Crippen molar-refractivity contribution in [2.75, 3.05) is 20.1 Å². The van der Waals surface area contributed by atoms with Crippen LogP contribution in [0.25, 0.3) is 0 Å². The van der Waals surface area contributed by atoms with Crippen molar-refractivity contribution in [3.8, 4) is 0 Å². The first-order valence-electron chi connectivity index (χ1n) is 4.49. The van der Waals surface area contributed by atoms with Gasteiger partial charge in [0.25, 0.3) is 0 Å². The lowest BCUT2D eigenvalue weighted by Gasteiger charge is -2.26. The van der Waals surface area contributed by atoms with E-state index in [9.17, 15) is 4.79 Å². The number of piperidine rings is 1. The van der Waals surface area contributed by atoms with Crippen LogP contribution in [0.1, 0.15) is 24.7 Å². The third kappa shape index (κ3) is 1.80. The molecular formula is C8H13N3O2. The highest BCUT2D eigenvalue weighted by Crippen LogP contribution is 2.24. The topological polar surface area (TPSA) is 62.1 Å². The second-order valence-corrected chi connectivity index (χ2v) is 3.54. The molecule has 0 radical (unpaired) electrons. The zero-order valence-corrected chi connectivity index (χ0v) is 7.62. The minimum atomic E-state index is -0.381. The maximum absolute atomic E-state index is 10.7. The van der Waals surface area contributed by atoms with Gasteiger partial charge in [-0.25, -0.2) is 4.79 Å². The van der Waals surface area contributed by atoms with Crippen molar-refractivity contribution in [2.45, 2.75) is 18.8 Å². The Balaban J connectivity index is 2.06. The Kier molecular flexibility index (Phi) is 2.18. The van der Waals surface area contributed by atoms with E-state index in [1.165, 1.54) is 0 Å². The Morgan fingerprint density at radius 2 is 2.23 bits per heavy atom. The molecule has 1 N–H and O–H groups in total. The lowest BCUT2D eigenvalue weighted by molar-refractivity contribution is 0.227. The van der Waals surface area contributed by atoms with Crippen molar-refractivity contribution in [3.05, 3.63) is 16.4 Å². The van der Waals surface area contributed by atoms with Crippen molar-refractivity contribution in [1.29, 1.82) is 0 Å². The minimum absolute atomic E-state index is 0.315. The van der Waals surface area contributed by atoms with Crippen molar-refractivity contribution >= 4 is 0 Å². The van der Waals surface area contributed by atoms with Crippen LogP contribution in [0.4, 0.5) is 0 Å². The van der Waals surface area contributed by atoms with E-state index < -0.39 is 0 Å². The Morgan fingerprint density at radius 1 is 1.54 bits per heavy atom. The van der Waals surface area contributed by atoms with Crippen LogP contribution in [0.2, 0.25) is 0 Å². The highest BCUT2D eigenvalue weighted by molar-refractivity contribution is 4.92. The van der Waals surface area contributed by atoms with Gasteiger partial charge in [-0.15, -0.1) is 0 Å². The average Bonchev–Trinajstić information content (AvgIpc) is 2.53. The highest BCUT2D eigenvalue weighted by atomic mass is 16.5. The Labute approximate surface area is 75.7 Å². The van der Waals surface area contributed by atoms with E-state index in [2.05, 4.69) is 22.1 Å². The van der Waals surface area contributed by atoms with Gasteiger partial charge in [0.2, 0.25) is 5.89 Å². The number of rotatable bonds is 1. The van der Waals surface area contributed by atoms with Crippen LogP contribution in [0, 0.1) is 0 Å². The molecule has 13 heavy (non-hydrogen) atoms. The quantitative estimate of drug-likeness (QED) is 0.674. The first-order chi connectivity index (χ1) is 6.25. The lowest BCUT2D eigenvalue weighted by Crippen LogP contribution is -2.29. The molecule has 0 spiro atoms. The molecule has 0 amide bonds. The number of aromatic amines is 1. The molecule has 0 unspecified atom stereocenters. The van der Waals surface area contributed by atoms with Crippen LogP contribution in [-0.2, 0) is 0 Å². The third-order valence-corrected chi connectivity index (χ3v) is 2.52. The maximum atomic E-state index is 10.7. The van der Waals surface area contributed by atoms with E-state index in [-0.39, 0.29) is 5.69 Å². The first kappa shape index (κ1) is 8.50. The van der Waals surface area contributed by atoms with Crippen LogP contribution in [0.3, 0.4) is 0 Å². The Hall–Kier alpha value is -1.10. The molecule has 2 heterocycles. The zero-order valence-electron chi connectivity index (χ0n) is 7.62. The smallest absolute Gasteiger partial charge is 0.362 e. The van der Waals surface area contributed by atoms with Gasteiger partial charge in [-0.05, 0) is 33.0 Å². The van der Waals surface area contributed by atoms with Crippen LogP contribution in [0.15, 0.2) is 9.32 Å². The summed E-state index contributed by atoms with van der Waals surface area (Å²) in [6, 6.07) is 0. The fourth-order valence-electron chi connectivity index (χ4n) is 1.67. The monoisotopic (exact) mass is 183 g/mol.